The highest BCUT2D eigenvalue weighted by Gasteiger charge is 2.19. The molecule has 0 bridgehead atoms. The Morgan fingerprint density at radius 3 is 2.74 bits per heavy atom. The summed E-state index contributed by atoms with van der Waals surface area (Å²) in [5, 5.41) is 4.04. The lowest BCUT2D eigenvalue weighted by molar-refractivity contribution is 0.579. The van der Waals surface area contributed by atoms with Gasteiger partial charge in [0, 0.05) is 25.5 Å². The third kappa shape index (κ3) is 2.99. The Bertz CT molecular complexity index is 650. The lowest BCUT2D eigenvalue weighted by atomic mass is 10.3. The van der Waals surface area contributed by atoms with Gasteiger partial charge in [-0.1, -0.05) is 6.07 Å². The summed E-state index contributed by atoms with van der Waals surface area (Å²) in [6, 6.07) is 3.59. The van der Waals surface area contributed by atoms with Crippen LogP contribution in [-0.2, 0) is 23.1 Å². The van der Waals surface area contributed by atoms with Gasteiger partial charge in [-0.05, 0) is 25.5 Å². The van der Waals surface area contributed by atoms with Crippen LogP contribution >= 0.6 is 0 Å². The number of aromatic nitrogens is 3. The van der Waals surface area contributed by atoms with E-state index in [0.29, 0.717) is 12.2 Å². The third-order valence-electron chi connectivity index (χ3n) is 2.84. The Balaban J connectivity index is 2.16. The average Bonchev–Trinajstić information content (AvgIpc) is 2.79. The molecule has 7 heteroatoms. The molecule has 0 saturated carbocycles. The van der Waals surface area contributed by atoms with E-state index in [4.69, 9.17) is 0 Å². The van der Waals surface area contributed by atoms with Crippen molar-refractivity contribution >= 4 is 10.0 Å². The summed E-state index contributed by atoms with van der Waals surface area (Å²) in [7, 11) is -3.54. The van der Waals surface area contributed by atoms with Crippen LogP contribution in [-0.4, -0.2) is 23.2 Å². The van der Waals surface area contributed by atoms with E-state index >= 15 is 0 Å². The minimum Gasteiger partial charge on any atom is -0.269 e. The summed E-state index contributed by atoms with van der Waals surface area (Å²) in [6.07, 6.45) is 4.66. The van der Waals surface area contributed by atoms with Crippen molar-refractivity contribution in [2.45, 2.75) is 31.8 Å². The van der Waals surface area contributed by atoms with Gasteiger partial charge in [0.25, 0.3) is 0 Å². The highest BCUT2D eigenvalue weighted by atomic mass is 32.2. The van der Waals surface area contributed by atoms with Gasteiger partial charge in [0.2, 0.25) is 10.0 Å². The number of aryl methyl sites for hydroxylation is 1. The third-order valence-corrected chi connectivity index (χ3v) is 4.34. The van der Waals surface area contributed by atoms with E-state index in [1.165, 1.54) is 6.20 Å². The molecule has 0 spiro atoms. The van der Waals surface area contributed by atoms with Crippen molar-refractivity contribution in [1.29, 1.82) is 0 Å². The number of rotatable bonds is 5. The highest BCUT2D eigenvalue weighted by molar-refractivity contribution is 7.89. The Morgan fingerprint density at radius 1 is 1.37 bits per heavy atom. The van der Waals surface area contributed by atoms with Gasteiger partial charge in [0.1, 0.15) is 4.90 Å². The van der Waals surface area contributed by atoms with Crippen LogP contribution in [0.4, 0.5) is 0 Å². The number of hydrogen-bond acceptors (Lipinski definition) is 4. The molecule has 2 aromatic heterocycles. The zero-order valence-electron chi connectivity index (χ0n) is 10.9. The summed E-state index contributed by atoms with van der Waals surface area (Å²) in [4.78, 5) is 4.16. The van der Waals surface area contributed by atoms with Crippen molar-refractivity contribution in [3.63, 3.8) is 0 Å². The van der Waals surface area contributed by atoms with E-state index in [0.717, 1.165) is 5.56 Å². The predicted molar refractivity (Wildman–Crippen MR) is 70.9 cm³/mol. The molecule has 2 aromatic rings. The molecule has 1 N–H and O–H groups in total. The van der Waals surface area contributed by atoms with Crippen LogP contribution in [0.1, 0.15) is 18.2 Å². The second-order valence-electron chi connectivity index (χ2n) is 4.10. The first-order chi connectivity index (χ1) is 9.04. The van der Waals surface area contributed by atoms with Crippen LogP contribution in [0.5, 0.6) is 0 Å². The van der Waals surface area contributed by atoms with Crippen molar-refractivity contribution in [3.8, 4) is 0 Å². The Kier molecular flexibility index (Phi) is 3.96. The Morgan fingerprint density at radius 2 is 2.16 bits per heavy atom. The monoisotopic (exact) mass is 280 g/mol. The second kappa shape index (κ2) is 5.50. The first-order valence-electron chi connectivity index (χ1n) is 5.95. The minimum atomic E-state index is -3.54. The van der Waals surface area contributed by atoms with Crippen molar-refractivity contribution in [3.05, 3.63) is 42.0 Å². The maximum absolute atomic E-state index is 12.2. The molecule has 0 aromatic carbocycles. The number of nitrogens with zero attached hydrogens (tertiary/aromatic N) is 3. The van der Waals surface area contributed by atoms with E-state index in [-0.39, 0.29) is 11.4 Å². The van der Waals surface area contributed by atoms with E-state index in [1.54, 1.807) is 30.1 Å². The Hall–Kier alpha value is -1.73. The smallest absolute Gasteiger partial charge is 0.244 e. The molecule has 0 unspecified atom stereocenters. The van der Waals surface area contributed by atoms with Crippen LogP contribution in [0.15, 0.2) is 35.6 Å². The fourth-order valence-corrected chi connectivity index (χ4v) is 2.96. The molecule has 2 rings (SSSR count). The second-order valence-corrected chi connectivity index (χ2v) is 5.83. The van der Waals surface area contributed by atoms with Crippen LogP contribution in [0, 0.1) is 6.92 Å². The van der Waals surface area contributed by atoms with Gasteiger partial charge >= 0.3 is 0 Å². The fourth-order valence-electron chi connectivity index (χ4n) is 1.77. The largest absolute Gasteiger partial charge is 0.269 e. The van der Waals surface area contributed by atoms with Gasteiger partial charge in [-0.15, -0.1) is 0 Å². The van der Waals surface area contributed by atoms with Crippen molar-refractivity contribution in [2.75, 3.05) is 0 Å². The predicted octanol–water partition coefficient (Wildman–Crippen LogP) is 1.08. The minimum absolute atomic E-state index is 0.215. The van der Waals surface area contributed by atoms with Crippen LogP contribution in [0.3, 0.4) is 0 Å². The van der Waals surface area contributed by atoms with Crippen LogP contribution < -0.4 is 4.72 Å². The van der Waals surface area contributed by atoms with E-state index in [1.807, 2.05) is 13.0 Å². The first kappa shape index (κ1) is 13.7. The van der Waals surface area contributed by atoms with Gasteiger partial charge in [-0.25, -0.2) is 13.1 Å². The molecule has 0 saturated heterocycles. The topological polar surface area (TPSA) is 76.9 Å². The standard InChI is InChI=1S/C12H16N4O2S/c1-3-16-10(2)12(9-14-16)19(17,18)15-8-11-5-4-6-13-7-11/h4-7,9,15H,3,8H2,1-2H3. The molecular weight excluding hydrogens is 264 g/mol. The molecule has 102 valence electrons. The van der Waals surface area contributed by atoms with E-state index in [2.05, 4.69) is 14.8 Å². The van der Waals surface area contributed by atoms with Gasteiger partial charge < -0.3 is 0 Å². The van der Waals surface area contributed by atoms with Gasteiger partial charge in [0.05, 0.1) is 11.9 Å². The zero-order valence-corrected chi connectivity index (χ0v) is 11.7. The lowest BCUT2D eigenvalue weighted by Gasteiger charge is -2.06. The normalized spacial score (nSPS) is 11.7. The number of nitrogens with one attached hydrogen (secondary N) is 1. The molecule has 0 atom stereocenters. The molecular formula is C12H16N4O2S. The molecule has 0 aliphatic heterocycles. The number of pyridine rings is 1. The van der Waals surface area contributed by atoms with Crippen LogP contribution in [0.25, 0.3) is 0 Å². The van der Waals surface area contributed by atoms with Gasteiger partial charge in [0.15, 0.2) is 0 Å². The maximum atomic E-state index is 12.2. The quantitative estimate of drug-likeness (QED) is 0.889. The SMILES string of the molecule is CCn1ncc(S(=O)(=O)NCc2cccnc2)c1C. The first-order valence-corrected chi connectivity index (χ1v) is 7.44. The van der Waals surface area contributed by atoms with Crippen molar-refractivity contribution in [1.82, 2.24) is 19.5 Å². The van der Waals surface area contributed by atoms with Gasteiger partial charge in [-0.2, -0.15) is 5.10 Å². The molecule has 0 radical (unpaired) electrons. The van der Waals surface area contributed by atoms with Gasteiger partial charge in [-0.3, -0.25) is 9.67 Å². The van der Waals surface area contributed by atoms with E-state index < -0.39 is 10.0 Å². The molecule has 0 amide bonds. The Labute approximate surface area is 112 Å². The molecule has 19 heavy (non-hydrogen) atoms. The zero-order chi connectivity index (χ0) is 13.9. The molecule has 0 aliphatic rings. The van der Waals surface area contributed by atoms with Crippen molar-refractivity contribution in [2.24, 2.45) is 0 Å². The lowest BCUT2D eigenvalue weighted by Crippen LogP contribution is -2.23. The highest BCUT2D eigenvalue weighted by Crippen LogP contribution is 2.14. The summed E-state index contributed by atoms with van der Waals surface area (Å²) in [5.41, 5.74) is 1.45. The molecule has 6 nitrogen and oxygen atoms in total. The number of hydrogen-bond donors (Lipinski definition) is 1. The summed E-state index contributed by atoms with van der Waals surface area (Å²) in [6.45, 7) is 4.52. The summed E-state index contributed by atoms with van der Waals surface area (Å²) >= 11 is 0. The fraction of sp³-hybridized carbons (Fsp3) is 0.333. The van der Waals surface area contributed by atoms with Crippen LogP contribution in [0.2, 0.25) is 0 Å². The van der Waals surface area contributed by atoms with Crippen molar-refractivity contribution < 1.29 is 8.42 Å². The summed E-state index contributed by atoms with van der Waals surface area (Å²) in [5.74, 6) is 0. The molecule has 2 heterocycles. The average molecular weight is 280 g/mol. The maximum Gasteiger partial charge on any atom is 0.244 e. The molecule has 0 aliphatic carbocycles. The number of sulfonamides is 1. The summed E-state index contributed by atoms with van der Waals surface area (Å²) < 4.78 is 28.5. The molecule has 0 fully saturated rings. The van der Waals surface area contributed by atoms with E-state index in [9.17, 15) is 8.42 Å².